The van der Waals surface area contributed by atoms with Crippen molar-refractivity contribution in [3.05, 3.63) is 163 Å². The smallest absolute Gasteiger partial charge is 0.233 e. The molecule has 242 valence electrons. The van der Waals surface area contributed by atoms with Gasteiger partial charge >= 0.3 is 0 Å². The number of methoxy groups -OCH3 is 1. The minimum atomic E-state index is -0.232. The van der Waals surface area contributed by atoms with E-state index in [-0.39, 0.29) is 5.41 Å². The van der Waals surface area contributed by atoms with Crippen molar-refractivity contribution in [3.63, 3.8) is 0 Å². The van der Waals surface area contributed by atoms with E-state index in [0.29, 0.717) is 5.88 Å². The molecule has 0 fully saturated rings. The molecule has 0 radical (unpaired) electrons. The quantitative estimate of drug-likeness (QED) is 0.177. The van der Waals surface area contributed by atoms with Gasteiger partial charge in [-0.25, -0.2) is 0 Å². The first-order valence-corrected chi connectivity index (χ1v) is 17.5. The molecule has 1 aliphatic rings. The number of rotatable bonds is 4. The molecule has 3 heteroatoms. The number of aromatic nitrogens is 2. The van der Waals surface area contributed by atoms with E-state index in [1.54, 1.807) is 7.11 Å². The maximum absolute atomic E-state index is 5.27. The van der Waals surface area contributed by atoms with Crippen LogP contribution in [0.2, 0.25) is 0 Å². The van der Waals surface area contributed by atoms with E-state index in [1.165, 1.54) is 87.6 Å². The van der Waals surface area contributed by atoms with Gasteiger partial charge in [-0.2, -0.15) is 0 Å². The molecule has 10 rings (SSSR count). The number of fused-ring (bicyclic) bond motifs is 7. The van der Waals surface area contributed by atoms with Gasteiger partial charge in [-0.15, -0.1) is 10.2 Å². The molecule has 8 aromatic carbocycles. The Balaban J connectivity index is 1.29. The summed E-state index contributed by atoms with van der Waals surface area (Å²) >= 11 is 0. The minimum Gasteiger partial charge on any atom is -0.480 e. The summed E-state index contributed by atoms with van der Waals surface area (Å²) in [5.74, 6) is 0.510. The number of nitrogens with zero attached hydrogens (tertiary/aromatic N) is 2. The molecule has 0 bridgehead atoms. The molecule has 0 amide bonds. The van der Waals surface area contributed by atoms with Crippen LogP contribution < -0.4 is 4.74 Å². The topological polar surface area (TPSA) is 35.0 Å². The average Bonchev–Trinajstić information content (AvgIpc) is 3.40. The highest BCUT2D eigenvalue weighted by Crippen LogP contribution is 2.54. The van der Waals surface area contributed by atoms with Crippen molar-refractivity contribution in [3.8, 4) is 50.5 Å². The molecule has 51 heavy (non-hydrogen) atoms. The van der Waals surface area contributed by atoms with Crippen LogP contribution >= 0.6 is 0 Å². The lowest BCUT2D eigenvalue weighted by molar-refractivity contribution is 0.392. The first kappa shape index (κ1) is 29.6. The number of hydrogen-bond acceptors (Lipinski definition) is 3. The van der Waals surface area contributed by atoms with Crippen LogP contribution in [-0.2, 0) is 5.41 Å². The molecular weight excluding hydrogens is 621 g/mol. The maximum atomic E-state index is 5.27. The predicted octanol–water partition coefficient (Wildman–Crippen LogP) is 12.4. The fourth-order valence-corrected chi connectivity index (χ4v) is 8.46. The van der Waals surface area contributed by atoms with Crippen LogP contribution in [0.25, 0.3) is 87.7 Å². The van der Waals surface area contributed by atoms with Crippen LogP contribution in [0.3, 0.4) is 0 Å². The Morgan fingerprint density at radius 2 is 0.980 bits per heavy atom. The van der Waals surface area contributed by atoms with Crippen molar-refractivity contribution in [1.29, 1.82) is 0 Å². The standard InChI is InChI=1S/C48H34N2O/c1-48(2)42-26-33(44-22-23-45(51-3)50-49-44)20-21-36(42)39-27-40-41(28-43(39)48)47(35-19-17-30-11-5-7-13-32(30)25-35)38-15-9-8-14-37(38)46(40)34-18-16-29-10-4-6-12-31(29)24-34/h4-28H,1-3H3. The number of ether oxygens (including phenoxy) is 1. The molecule has 0 spiro atoms. The van der Waals surface area contributed by atoms with Crippen molar-refractivity contribution < 1.29 is 4.74 Å². The number of benzene rings is 8. The van der Waals surface area contributed by atoms with Crippen molar-refractivity contribution in [1.82, 2.24) is 10.2 Å². The maximum Gasteiger partial charge on any atom is 0.233 e. The second-order valence-corrected chi connectivity index (χ2v) is 14.2. The van der Waals surface area contributed by atoms with E-state index in [4.69, 9.17) is 4.74 Å². The van der Waals surface area contributed by atoms with Gasteiger partial charge in [0.1, 0.15) is 0 Å². The molecule has 1 aromatic heterocycles. The fraction of sp³-hybridized carbons (Fsp3) is 0.0833. The Bertz CT molecular complexity index is 2870. The molecule has 9 aromatic rings. The minimum absolute atomic E-state index is 0.232. The first-order chi connectivity index (χ1) is 25.0. The largest absolute Gasteiger partial charge is 0.480 e. The lowest BCUT2D eigenvalue weighted by atomic mass is 9.79. The summed E-state index contributed by atoms with van der Waals surface area (Å²) in [7, 11) is 1.61. The van der Waals surface area contributed by atoms with Crippen molar-refractivity contribution in [2.24, 2.45) is 0 Å². The molecule has 1 heterocycles. The van der Waals surface area contributed by atoms with Gasteiger partial charge in [0, 0.05) is 17.0 Å². The highest BCUT2D eigenvalue weighted by atomic mass is 16.5. The van der Waals surface area contributed by atoms with Crippen LogP contribution in [0.4, 0.5) is 0 Å². The second-order valence-electron chi connectivity index (χ2n) is 14.2. The van der Waals surface area contributed by atoms with Gasteiger partial charge in [-0.1, -0.05) is 123 Å². The predicted molar refractivity (Wildman–Crippen MR) is 212 cm³/mol. The van der Waals surface area contributed by atoms with Gasteiger partial charge < -0.3 is 4.74 Å². The van der Waals surface area contributed by atoms with Gasteiger partial charge in [0.15, 0.2) is 0 Å². The SMILES string of the molecule is COc1ccc(-c2ccc3c(c2)C(C)(C)c2cc4c(-c5ccc6ccccc6c5)c5ccccc5c(-c5ccc6ccccc6c5)c4cc2-3)nn1. The molecule has 3 nitrogen and oxygen atoms in total. The fourth-order valence-electron chi connectivity index (χ4n) is 8.46. The van der Waals surface area contributed by atoms with Crippen molar-refractivity contribution in [2.45, 2.75) is 19.3 Å². The molecule has 0 saturated carbocycles. The molecule has 0 saturated heterocycles. The van der Waals surface area contributed by atoms with E-state index < -0.39 is 0 Å². The van der Waals surface area contributed by atoms with E-state index in [2.05, 4.69) is 164 Å². The van der Waals surface area contributed by atoms with Crippen molar-refractivity contribution >= 4 is 43.1 Å². The van der Waals surface area contributed by atoms with Crippen molar-refractivity contribution in [2.75, 3.05) is 7.11 Å². The third-order valence-electron chi connectivity index (χ3n) is 11.0. The number of hydrogen-bond donors (Lipinski definition) is 0. The lowest BCUT2D eigenvalue weighted by Crippen LogP contribution is -2.15. The van der Waals surface area contributed by atoms with E-state index in [1.807, 2.05) is 12.1 Å². The Hall–Kier alpha value is -6.32. The highest BCUT2D eigenvalue weighted by Gasteiger charge is 2.37. The van der Waals surface area contributed by atoms with Gasteiger partial charge in [0.2, 0.25) is 5.88 Å². The average molecular weight is 655 g/mol. The Labute approximate surface area is 296 Å². The Morgan fingerprint density at radius 3 is 1.57 bits per heavy atom. The summed E-state index contributed by atoms with van der Waals surface area (Å²) in [6.45, 7) is 4.71. The summed E-state index contributed by atoms with van der Waals surface area (Å²) in [6.07, 6.45) is 0. The lowest BCUT2D eigenvalue weighted by Gasteiger charge is -2.24. The van der Waals surface area contributed by atoms with Crippen LogP contribution in [0.15, 0.2) is 152 Å². The molecule has 1 aliphatic carbocycles. The van der Waals surface area contributed by atoms with E-state index >= 15 is 0 Å². The molecule has 0 N–H and O–H groups in total. The zero-order valence-electron chi connectivity index (χ0n) is 28.7. The normalized spacial score (nSPS) is 13.2. The van der Waals surface area contributed by atoms with Gasteiger partial charge in [-0.3, -0.25) is 0 Å². The third kappa shape index (κ3) is 4.51. The van der Waals surface area contributed by atoms with E-state index in [0.717, 1.165) is 11.3 Å². The van der Waals surface area contributed by atoms with Gasteiger partial charge in [-0.05, 0) is 124 Å². The van der Waals surface area contributed by atoms with Crippen LogP contribution in [0.1, 0.15) is 25.0 Å². The molecule has 0 aliphatic heterocycles. The first-order valence-electron chi connectivity index (χ1n) is 17.5. The zero-order valence-corrected chi connectivity index (χ0v) is 28.7. The summed E-state index contributed by atoms with van der Waals surface area (Å²) in [5.41, 5.74) is 11.9. The summed E-state index contributed by atoms with van der Waals surface area (Å²) in [5, 5.41) is 18.8. The zero-order chi connectivity index (χ0) is 34.3. The second kappa shape index (κ2) is 11.1. The molecule has 0 unspecified atom stereocenters. The van der Waals surface area contributed by atoms with E-state index in [9.17, 15) is 0 Å². The Kier molecular flexibility index (Phi) is 6.44. The summed E-state index contributed by atoms with van der Waals surface area (Å²) in [4.78, 5) is 0. The van der Waals surface area contributed by atoms with Crippen LogP contribution in [0, 0.1) is 0 Å². The van der Waals surface area contributed by atoms with Crippen LogP contribution in [-0.4, -0.2) is 17.3 Å². The Morgan fingerprint density at radius 1 is 0.431 bits per heavy atom. The monoisotopic (exact) mass is 654 g/mol. The highest BCUT2D eigenvalue weighted by molar-refractivity contribution is 6.23. The summed E-state index contributed by atoms with van der Waals surface area (Å²) < 4.78 is 5.27. The van der Waals surface area contributed by atoms with Crippen LogP contribution in [0.5, 0.6) is 5.88 Å². The van der Waals surface area contributed by atoms with Gasteiger partial charge in [0.25, 0.3) is 0 Å². The molecular formula is C48H34N2O. The van der Waals surface area contributed by atoms with Gasteiger partial charge in [0.05, 0.1) is 12.8 Å². The third-order valence-corrected chi connectivity index (χ3v) is 11.0. The molecule has 0 atom stereocenters. The summed E-state index contributed by atoms with van der Waals surface area (Å²) in [6, 6.07) is 55.7.